The van der Waals surface area contributed by atoms with Crippen molar-refractivity contribution in [1.82, 2.24) is 4.57 Å². The maximum Gasteiger partial charge on any atom is 0.349 e. The molecule has 0 aliphatic heterocycles. The number of methoxy groups -OCH3 is 1. The summed E-state index contributed by atoms with van der Waals surface area (Å²) in [6.45, 7) is 11.0. The molecule has 1 aromatic heterocycles. The highest BCUT2D eigenvalue weighted by atomic mass is 16.5. The zero-order chi connectivity index (χ0) is 23.2. The minimum atomic E-state index is -0.816. The quantitative estimate of drug-likeness (QED) is 0.273. The van der Waals surface area contributed by atoms with E-state index in [9.17, 15) is 14.9 Å². The Morgan fingerprint density at radius 2 is 1.81 bits per heavy atom. The molecule has 164 valence electrons. The lowest BCUT2D eigenvalue weighted by molar-refractivity contribution is -0.137. The number of nitriles is 1. The Labute approximate surface area is 184 Å². The molecule has 6 nitrogen and oxygen atoms in total. The maximum atomic E-state index is 12.4. The molecule has 0 aliphatic carbocycles. The SMILES string of the molecule is COCCn1c(C)cc(/C=C(\C#N)C(=O)OCC(=O)c2ccc(C(C)(C)C)cc2)c1C. The van der Waals surface area contributed by atoms with Gasteiger partial charge in [0.05, 0.1) is 6.61 Å². The number of hydrogen-bond acceptors (Lipinski definition) is 5. The Balaban J connectivity index is 2.08. The normalized spacial score (nSPS) is 11.8. The molecule has 0 unspecified atom stereocenters. The summed E-state index contributed by atoms with van der Waals surface area (Å²) in [5, 5.41) is 9.42. The van der Waals surface area contributed by atoms with Crippen LogP contribution in [0.25, 0.3) is 6.08 Å². The fourth-order valence-corrected chi connectivity index (χ4v) is 3.24. The highest BCUT2D eigenvalue weighted by Gasteiger charge is 2.17. The molecule has 0 amide bonds. The van der Waals surface area contributed by atoms with E-state index in [-0.39, 0.29) is 16.8 Å². The van der Waals surface area contributed by atoms with Crippen molar-refractivity contribution in [2.24, 2.45) is 0 Å². The molecule has 2 rings (SSSR count). The second kappa shape index (κ2) is 10.2. The molecule has 0 radical (unpaired) electrons. The van der Waals surface area contributed by atoms with Crippen LogP contribution in [0.3, 0.4) is 0 Å². The van der Waals surface area contributed by atoms with Crippen LogP contribution in [0.15, 0.2) is 35.9 Å². The summed E-state index contributed by atoms with van der Waals surface area (Å²) in [5.74, 6) is -1.13. The lowest BCUT2D eigenvalue weighted by Crippen LogP contribution is -2.16. The van der Waals surface area contributed by atoms with Gasteiger partial charge in [0.15, 0.2) is 12.4 Å². The molecule has 0 bridgehead atoms. The van der Waals surface area contributed by atoms with Crippen LogP contribution in [-0.4, -0.2) is 36.6 Å². The molecule has 0 saturated heterocycles. The first-order valence-corrected chi connectivity index (χ1v) is 10.2. The van der Waals surface area contributed by atoms with Gasteiger partial charge in [-0.3, -0.25) is 4.79 Å². The van der Waals surface area contributed by atoms with Gasteiger partial charge in [0.2, 0.25) is 0 Å². The number of carbonyl (C=O) groups is 2. The van der Waals surface area contributed by atoms with E-state index in [1.54, 1.807) is 19.2 Å². The van der Waals surface area contributed by atoms with E-state index in [1.807, 2.05) is 38.1 Å². The van der Waals surface area contributed by atoms with Crippen molar-refractivity contribution < 1.29 is 19.1 Å². The Bertz CT molecular complexity index is 1020. The molecule has 1 aromatic carbocycles. The van der Waals surface area contributed by atoms with Crippen molar-refractivity contribution in [2.75, 3.05) is 20.3 Å². The Hall–Kier alpha value is -3.17. The third kappa shape index (κ3) is 6.16. The Morgan fingerprint density at radius 3 is 2.35 bits per heavy atom. The maximum absolute atomic E-state index is 12.4. The van der Waals surface area contributed by atoms with Gasteiger partial charge >= 0.3 is 5.97 Å². The van der Waals surface area contributed by atoms with Gasteiger partial charge in [0.25, 0.3) is 0 Å². The van der Waals surface area contributed by atoms with Gasteiger partial charge < -0.3 is 14.0 Å². The number of nitrogens with zero attached hydrogens (tertiary/aromatic N) is 2. The van der Waals surface area contributed by atoms with E-state index in [2.05, 4.69) is 25.3 Å². The molecule has 0 saturated carbocycles. The summed E-state index contributed by atoms with van der Waals surface area (Å²) in [6, 6.07) is 11.0. The number of ketones is 1. The fraction of sp³-hybridized carbons (Fsp3) is 0.400. The van der Waals surface area contributed by atoms with Gasteiger partial charge in [-0.15, -0.1) is 0 Å². The lowest BCUT2D eigenvalue weighted by Gasteiger charge is -2.18. The Kier molecular flexibility index (Phi) is 7.95. The van der Waals surface area contributed by atoms with Crippen molar-refractivity contribution in [3.05, 3.63) is 64.0 Å². The standard InChI is InChI=1S/C25H30N2O4/c1-17-13-20(18(2)27(17)11-12-30-6)14-21(15-26)24(29)31-16-23(28)19-7-9-22(10-8-19)25(3,4)5/h7-10,13-14H,11-12,16H2,1-6H3/b21-14+. The smallest absolute Gasteiger partial charge is 0.349 e. The number of Topliss-reactive ketones (excluding diaryl/α,β-unsaturated/α-hetero) is 1. The fourth-order valence-electron chi connectivity index (χ4n) is 3.24. The van der Waals surface area contributed by atoms with Gasteiger partial charge in [-0.25, -0.2) is 4.79 Å². The van der Waals surface area contributed by atoms with Crippen LogP contribution in [0.2, 0.25) is 0 Å². The van der Waals surface area contributed by atoms with E-state index in [1.165, 1.54) is 6.08 Å². The average molecular weight is 423 g/mol. The zero-order valence-corrected chi connectivity index (χ0v) is 19.1. The molecular formula is C25H30N2O4. The average Bonchev–Trinajstić information content (AvgIpc) is 3.00. The second-order valence-electron chi connectivity index (χ2n) is 8.47. The van der Waals surface area contributed by atoms with Crippen LogP contribution in [0.1, 0.15) is 53.6 Å². The number of carbonyl (C=O) groups excluding carboxylic acids is 2. The molecule has 0 atom stereocenters. The molecule has 31 heavy (non-hydrogen) atoms. The monoisotopic (exact) mass is 422 g/mol. The minimum Gasteiger partial charge on any atom is -0.453 e. The van der Waals surface area contributed by atoms with E-state index in [0.29, 0.717) is 18.7 Å². The van der Waals surface area contributed by atoms with Crippen LogP contribution in [0.4, 0.5) is 0 Å². The minimum absolute atomic E-state index is 0.0144. The number of benzene rings is 1. The third-order valence-corrected chi connectivity index (χ3v) is 5.18. The predicted molar refractivity (Wildman–Crippen MR) is 120 cm³/mol. The molecule has 2 aromatic rings. The Morgan fingerprint density at radius 1 is 1.16 bits per heavy atom. The lowest BCUT2D eigenvalue weighted by atomic mass is 9.86. The van der Waals surface area contributed by atoms with Gasteiger partial charge in [0.1, 0.15) is 11.6 Å². The van der Waals surface area contributed by atoms with Gasteiger partial charge in [-0.2, -0.15) is 5.26 Å². The molecule has 0 N–H and O–H groups in total. The molecule has 0 fully saturated rings. The third-order valence-electron chi connectivity index (χ3n) is 5.18. The van der Waals surface area contributed by atoms with Crippen LogP contribution >= 0.6 is 0 Å². The molecular weight excluding hydrogens is 392 g/mol. The van der Waals surface area contributed by atoms with Gasteiger partial charge in [0, 0.05) is 30.6 Å². The number of rotatable bonds is 8. The summed E-state index contributed by atoms with van der Waals surface area (Å²) in [6.07, 6.45) is 1.50. The number of hydrogen-bond donors (Lipinski definition) is 0. The van der Waals surface area contributed by atoms with Crippen molar-refractivity contribution in [2.45, 2.75) is 46.6 Å². The summed E-state index contributed by atoms with van der Waals surface area (Å²) >= 11 is 0. The summed E-state index contributed by atoms with van der Waals surface area (Å²) < 4.78 is 12.3. The van der Waals surface area contributed by atoms with Crippen LogP contribution in [0.5, 0.6) is 0 Å². The summed E-state index contributed by atoms with van der Waals surface area (Å²) in [7, 11) is 1.64. The largest absolute Gasteiger partial charge is 0.453 e. The predicted octanol–water partition coefficient (Wildman–Crippen LogP) is 4.38. The summed E-state index contributed by atoms with van der Waals surface area (Å²) in [5.41, 5.74) is 4.09. The topological polar surface area (TPSA) is 81.3 Å². The number of aromatic nitrogens is 1. The molecule has 0 spiro atoms. The highest BCUT2D eigenvalue weighted by molar-refractivity contribution is 6.02. The molecule has 1 heterocycles. The summed E-state index contributed by atoms with van der Waals surface area (Å²) in [4.78, 5) is 24.8. The number of aryl methyl sites for hydroxylation is 1. The molecule has 6 heteroatoms. The first-order chi connectivity index (χ1) is 14.6. The number of esters is 1. The van der Waals surface area contributed by atoms with Crippen molar-refractivity contribution in [3.63, 3.8) is 0 Å². The van der Waals surface area contributed by atoms with E-state index < -0.39 is 12.6 Å². The van der Waals surface area contributed by atoms with Crippen LogP contribution in [0, 0.1) is 25.2 Å². The van der Waals surface area contributed by atoms with E-state index in [4.69, 9.17) is 9.47 Å². The van der Waals surface area contributed by atoms with Crippen molar-refractivity contribution in [3.8, 4) is 6.07 Å². The second-order valence-corrected chi connectivity index (χ2v) is 8.47. The first kappa shape index (κ1) is 24.1. The van der Waals surface area contributed by atoms with E-state index in [0.717, 1.165) is 22.5 Å². The van der Waals surface area contributed by atoms with Crippen molar-refractivity contribution >= 4 is 17.8 Å². The molecule has 0 aliphatic rings. The van der Waals surface area contributed by atoms with Crippen molar-refractivity contribution in [1.29, 1.82) is 5.26 Å². The first-order valence-electron chi connectivity index (χ1n) is 10.2. The highest BCUT2D eigenvalue weighted by Crippen LogP contribution is 2.22. The van der Waals surface area contributed by atoms with Crippen LogP contribution < -0.4 is 0 Å². The van der Waals surface area contributed by atoms with E-state index >= 15 is 0 Å². The van der Waals surface area contributed by atoms with Gasteiger partial charge in [-0.1, -0.05) is 45.0 Å². The zero-order valence-electron chi connectivity index (χ0n) is 19.1. The number of ether oxygens (including phenoxy) is 2. The van der Waals surface area contributed by atoms with Gasteiger partial charge in [-0.05, 0) is 42.5 Å². The van der Waals surface area contributed by atoms with Crippen LogP contribution in [-0.2, 0) is 26.2 Å².